The van der Waals surface area contributed by atoms with Gasteiger partial charge in [0.1, 0.15) is 0 Å². The van der Waals surface area contributed by atoms with Crippen molar-refractivity contribution < 1.29 is 4.74 Å². The fraction of sp³-hybridized carbons (Fsp3) is 1.00. The maximum Gasteiger partial charge on any atom is 0.0496 e. The fourth-order valence-electron chi connectivity index (χ4n) is 1.68. The van der Waals surface area contributed by atoms with Crippen LogP contribution in [0, 0.1) is 17.8 Å². The molecule has 0 aliphatic carbocycles. The molecule has 0 saturated carbocycles. The van der Waals surface area contributed by atoms with Gasteiger partial charge in [-0.1, -0.05) is 13.8 Å². The van der Waals surface area contributed by atoms with Crippen LogP contribution in [0.2, 0.25) is 0 Å². The summed E-state index contributed by atoms with van der Waals surface area (Å²) in [5.41, 5.74) is 0. The number of hydrogen-bond acceptors (Lipinski definition) is 2. The van der Waals surface area contributed by atoms with Crippen molar-refractivity contribution >= 4 is 0 Å². The predicted octanol–water partition coefficient (Wildman–Crippen LogP) is 1.12. The smallest absolute Gasteiger partial charge is 0.0496 e. The van der Waals surface area contributed by atoms with Gasteiger partial charge in [0.25, 0.3) is 0 Å². The second-order valence-corrected chi connectivity index (χ2v) is 3.78. The van der Waals surface area contributed by atoms with Crippen LogP contribution in [0.5, 0.6) is 0 Å². The first-order valence-corrected chi connectivity index (χ1v) is 4.45. The quantitative estimate of drug-likeness (QED) is 0.660. The highest BCUT2D eigenvalue weighted by atomic mass is 16.5. The van der Waals surface area contributed by atoms with E-state index in [-0.39, 0.29) is 0 Å². The lowest BCUT2D eigenvalue weighted by atomic mass is 9.80. The molecule has 2 heteroatoms. The zero-order chi connectivity index (χ0) is 8.27. The lowest BCUT2D eigenvalue weighted by Gasteiger charge is -2.36. The fourth-order valence-corrected chi connectivity index (χ4v) is 1.68. The molecule has 0 amide bonds. The van der Waals surface area contributed by atoms with Gasteiger partial charge in [0.2, 0.25) is 0 Å². The molecule has 1 aliphatic rings. The van der Waals surface area contributed by atoms with E-state index in [4.69, 9.17) is 4.74 Å². The molecule has 1 atom stereocenters. The molecule has 0 aromatic carbocycles. The van der Waals surface area contributed by atoms with Crippen molar-refractivity contribution in [3.8, 4) is 0 Å². The highest BCUT2D eigenvalue weighted by Crippen LogP contribution is 2.24. The first kappa shape index (κ1) is 9.01. The molecule has 1 rings (SSSR count). The monoisotopic (exact) mass is 157 g/mol. The zero-order valence-electron chi connectivity index (χ0n) is 7.76. The molecule has 1 unspecified atom stereocenters. The van der Waals surface area contributed by atoms with Gasteiger partial charge in [0.15, 0.2) is 0 Å². The third-order valence-corrected chi connectivity index (χ3v) is 2.63. The Kier molecular flexibility index (Phi) is 3.34. The normalized spacial score (nSPS) is 21.8. The van der Waals surface area contributed by atoms with Crippen LogP contribution < -0.4 is 5.32 Å². The SMILES string of the molecule is COCC(C(C)C)C1CNC1. The molecule has 0 aromatic heterocycles. The number of ether oxygens (including phenoxy) is 1. The first-order chi connectivity index (χ1) is 5.25. The van der Waals surface area contributed by atoms with E-state index in [1.165, 1.54) is 13.1 Å². The Morgan fingerprint density at radius 2 is 2.09 bits per heavy atom. The van der Waals surface area contributed by atoms with Gasteiger partial charge in [0.05, 0.1) is 0 Å². The van der Waals surface area contributed by atoms with Crippen molar-refractivity contribution in [1.29, 1.82) is 0 Å². The summed E-state index contributed by atoms with van der Waals surface area (Å²) in [5.74, 6) is 2.36. The molecular weight excluding hydrogens is 138 g/mol. The van der Waals surface area contributed by atoms with Gasteiger partial charge in [-0.2, -0.15) is 0 Å². The molecule has 0 aromatic rings. The van der Waals surface area contributed by atoms with Crippen LogP contribution in [-0.4, -0.2) is 26.8 Å². The molecule has 11 heavy (non-hydrogen) atoms. The summed E-state index contributed by atoms with van der Waals surface area (Å²) in [7, 11) is 1.79. The summed E-state index contributed by atoms with van der Waals surface area (Å²) in [5, 5.41) is 3.30. The number of nitrogens with one attached hydrogen (secondary N) is 1. The van der Waals surface area contributed by atoms with E-state index in [0.29, 0.717) is 0 Å². The molecule has 1 N–H and O–H groups in total. The summed E-state index contributed by atoms with van der Waals surface area (Å²) < 4.78 is 5.19. The second kappa shape index (κ2) is 4.07. The first-order valence-electron chi connectivity index (χ1n) is 4.45. The van der Waals surface area contributed by atoms with Crippen LogP contribution in [-0.2, 0) is 4.74 Å². The van der Waals surface area contributed by atoms with Crippen LogP contribution in [0.15, 0.2) is 0 Å². The number of rotatable bonds is 4. The van der Waals surface area contributed by atoms with Crippen molar-refractivity contribution in [3.05, 3.63) is 0 Å². The topological polar surface area (TPSA) is 21.3 Å². The van der Waals surface area contributed by atoms with Crippen LogP contribution >= 0.6 is 0 Å². The van der Waals surface area contributed by atoms with Crippen molar-refractivity contribution in [2.24, 2.45) is 17.8 Å². The Morgan fingerprint density at radius 3 is 2.36 bits per heavy atom. The van der Waals surface area contributed by atoms with Crippen LogP contribution in [0.3, 0.4) is 0 Å². The zero-order valence-corrected chi connectivity index (χ0v) is 7.76. The van der Waals surface area contributed by atoms with Gasteiger partial charge in [-0.15, -0.1) is 0 Å². The molecule has 0 bridgehead atoms. The van der Waals surface area contributed by atoms with Crippen molar-refractivity contribution in [2.45, 2.75) is 13.8 Å². The largest absolute Gasteiger partial charge is 0.384 e. The number of hydrogen-bond donors (Lipinski definition) is 1. The molecule has 0 radical (unpaired) electrons. The van der Waals surface area contributed by atoms with Crippen LogP contribution in [0.4, 0.5) is 0 Å². The predicted molar refractivity (Wildman–Crippen MR) is 46.6 cm³/mol. The van der Waals surface area contributed by atoms with E-state index in [2.05, 4.69) is 19.2 Å². The van der Waals surface area contributed by atoms with Crippen molar-refractivity contribution in [3.63, 3.8) is 0 Å². The second-order valence-electron chi connectivity index (χ2n) is 3.78. The van der Waals surface area contributed by atoms with Crippen molar-refractivity contribution in [2.75, 3.05) is 26.8 Å². The molecule has 0 spiro atoms. The van der Waals surface area contributed by atoms with E-state index in [9.17, 15) is 0 Å². The van der Waals surface area contributed by atoms with Crippen LogP contribution in [0.1, 0.15) is 13.8 Å². The highest BCUT2D eigenvalue weighted by molar-refractivity contribution is 4.82. The molecule has 1 fully saturated rings. The van der Waals surface area contributed by atoms with Crippen molar-refractivity contribution in [1.82, 2.24) is 5.32 Å². The highest BCUT2D eigenvalue weighted by Gasteiger charge is 2.28. The molecule has 1 aliphatic heterocycles. The molecule has 1 heterocycles. The van der Waals surface area contributed by atoms with E-state index in [1.54, 1.807) is 7.11 Å². The summed E-state index contributed by atoms with van der Waals surface area (Å²) in [6.45, 7) is 7.85. The van der Waals surface area contributed by atoms with Gasteiger partial charge in [-0.05, 0) is 30.8 Å². The van der Waals surface area contributed by atoms with Gasteiger partial charge in [-0.3, -0.25) is 0 Å². The standard InChI is InChI=1S/C9H19NO/c1-7(2)9(6-11-3)8-4-10-5-8/h7-10H,4-6H2,1-3H3. The third-order valence-electron chi connectivity index (χ3n) is 2.63. The minimum atomic E-state index is 0.751. The van der Waals surface area contributed by atoms with Gasteiger partial charge < -0.3 is 10.1 Å². The number of methoxy groups -OCH3 is 1. The minimum Gasteiger partial charge on any atom is -0.384 e. The Morgan fingerprint density at radius 1 is 1.45 bits per heavy atom. The lowest BCUT2D eigenvalue weighted by molar-refractivity contribution is 0.0708. The molecule has 66 valence electrons. The summed E-state index contributed by atoms with van der Waals surface area (Å²) in [6.07, 6.45) is 0. The van der Waals surface area contributed by atoms with Gasteiger partial charge in [0, 0.05) is 13.7 Å². The molecule has 1 saturated heterocycles. The average Bonchev–Trinajstić information content (AvgIpc) is 1.82. The van der Waals surface area contributed by atoms with E-state index < -0.39 is 0 Å². The summed E-state index contributed by atoms with van der Waals surface area (Å²) >= 11 is 0. The molecule has 2 nitrogen and oxygen atoms in total. The average molecular weight is 157 g/mol. The van der Waals surface area contributed by atoms with Gasteiger partial charge >= 0.3 is 0 Å². The maximum atomic E-state index is 5.19. The Hall–Kier alpha value is -0.0800. The third kappa shape index (κ3) is 2.17. The Bertz CT molecular complexity index is 110. The van der Waals surface area contributed by atoms with E-state index in [0.717, 1.165) is 24.4 Å². The van der Waals surface area contributed by atoms with E-state index >= 15 is 0 Å². The lowest BCUT2D eigenvalue weighted by Crippen LogP contribution is -2.48. The van der Waals surface area contributed by atoms with Gasteiger partial charge in [-0.25, -0.2) is 0 Å². The minimum absolute atomic E-state index is 0.751. The summed E-state index contributed by atoms with van der Waals surface area (Å²) in [4.78, 5) is 0. The Labute approximate surface area is 69.3 Å². The van der Waals surface area contributed by atoms with E-state index in [1.807, 2.05) is 0 Å². The Balaban J connectivity index is 2.31. The molecular formula is C9H19NO. The maximum absolute atomic E-state index is 5.19. The summed E-state index contributed by atoms with van der Waals surface area (Å²) in [6, 6.07) is 0. The van der Waals surface area contributed by atoms with Crippen LogP contribution in [0.25, 0.3) is 0 Å².